The lowest BCUT2D eigenvalue weighted by Gasteiger charge is -2.31. The summed E-state index contributed by atoms with van der Waals surface area (Å²) in [4.78, 5) is 14.7. The minimum absolute atomic E-state index is 0.138. The number of hydrogen-bond acceptors (Lipinski definition) is 3. The predicted molar refractivity (Wildman–Crippen MR) is 74.5 cm³/mol. The van der Waals surface area contributed by atoms with Gasteiger partial charge in [0, 0.05) is 18.1 Å². The van der Waals surface area contributed by atoms with Crippen LogP contribution >= 0.6 is 11.8 Å². The Labute approximate surface area is 109 Å². The van der Waals surface area contributed by atoms with E-state index in [2.05, 4.69) is 18.0 Å². The third-order valence-corrected chi connectivity index (χ3v) is 4.83. The molecule has 0 amide bonds. The highest BCUT2D eigenvalue weighted by molar-refractivity contribution is 7.99. The average molecular weight is 253 g/mol. The number of nitrogens with zero attached hydrogens (tertiary/aromatic N) is 1. The van der Waals surface area contributed by atoms with Gasteiger partial charge < -0.3 is 0 Å². The van der Waals surface area contributed by atoms with Crippen LogP contribution in [0.1, 0.15) is 38.5 Å². The van der Waals surface area contributed by atoms with Crippen molar-refractivity contribution in [2.75, 3.05) is 25.1 Å². The minimum Gasteiger partial charge on any atom is -0.295 e. The molecule has 1 fully saturated rings. The van der Waals surface area contributed by atoms with Gasteiger partial charge >= 0.3 is 0 Å². The Morgan fingerprint density at radius 2 is 2.18 bits per heavy atom. The number of Topliss-reactive ketones (excluding diaryl/α,β-unsaturated/α-hetero) is 1. The first-order chi connectivity index (χ1) is 8.29. The highest BCUT2D eigenvalue weighted by Crippen LogP contribution is 2.23. The third-order valence-electron chi connectivity index (χ3n) is 3.81. The first-order valence-electron chi connectivity index (χ1n) is 6.80. The highest BCUT2D eigenvalue weighted by Gasteiger charge is 2.28. The van der Waals surface area contributed by atoms with E-state index in [1.54, 1.807) is 0 Å². The van der Waals surface area contributed by atoms with E-state index in [-0.39, 0.29) is 6.04 Å². The van der Waals surface area contributed by atoms with Crippen LogP contribution in [-0.4, -0.2) is 41.8 Å². The van der Waals surface area contributed by atoms with Crippen LogP contribution < -0.4 is 0 Å². The van der Waals surface area contributed by atoms with E-state index in [1.807, 2.05) is 11.8 Å². The van der Waals surface area contributed by atoms with Crippen LogP contribution in [0.25, 0.3) is 0 Å². The summed E-state index contributed by atoms with van der Waals surface area (Å²) in [5, 5.41) is 0. The van der Waals surface area contributed by atoms with Gasteiger partial charge in [0.2, 0.25) is 0 Å². The van der Waals surface area contributed by atoms with Gasteiger partial charge in [-0.05, 0) is 38.3 Å². The number of allylic oxidation sites excluding steroid dienone is 1. The summed E-state index contributed by atoms with van der Waals surface area (Å²) < 4.78 is 0. The number of ketones is 1. The van der Waals surface area contributed by atoms with Gasteiger partial charge in [-0.2, -0.15) is 11.8 Å². The Hall–Kier alpha value is -0.280. The molecule has 3 heteroatoms. The van der Waals surface area contributed by atoms with Gasteiger partial charge in [0.25, 0.3) is 0 Å². The summed E-state index contributed by atoms with van der Waals surface area (Å²) >= 11 is 1.92. The standard InChI is InChI=1S/C14H23NOS/c1-15-9-10-17-11-13(15)14(16)12-7-5-3-2-4-6-8-12/h7,13H,2-6,8-11H2,1H3. The molecule has 1 aliphatic heterocycles. The number of carbonyl (C=O) groups excluding carboxylic acids is 1. The zero-order chi connectivity index (χ0) is 12.1. The summed E-state index contributed by atoms with van der Waals surface area (Å²) in [5.74, 6) is 2.55. The molecular weight excluding hydrogens is 230 g/mol. The molecule has 1 atom stereocenters. The van der Waals surface area contributed by atoms with Gasteiger partial charge in [0.1, 0.15) is 0 Å². The molecule has 1 aliphatic carbocycles. The molecule has 1 heterocycles. The lowest BCUT2D eigenvalue weighted by atomic mass is 9.94. The van der Waals surface area contributed by atoms with E-state index in [9.17, 15) is 4.79 Å². The molecule has 0 aromatic carbocycles. The van der Waals surface area contributed by atoms with E-state index in [0.29, 0.717) is 5.78 Å². The number of hydrogen-bond donors (Lipinski definition) is 0. The highest BCUT2D eigenvalue weighted by atomic mass is 32.2. The maximum atomic E-state index is 12.5. The van der Waals surface area contributed by atoms with Gasteiger partial charge in [0.15, 0.2) is 5.78 Å². The maximum Gasteiger partial charge on any atom is 0.176 e. The molecule has 2 nitrogen and oxygen atoms in total. The van der Waals surface area contributed by atoms with Gasteiger partial charge in [-0.15, -0.1) is 0 Å². The molecule has 17 heavy (non-hydrogen) atoms. The zero-order valence-electron chi connectivity index (χ0n) is 10.8. The van der Waals surface area contributed by atoms with Gasteiger partial charge in [-0.3, -0.25) is 9.69 Å². The first kappa shape index (κ1) is 13.2. The summed E-state index contributed by atoms with van der Waals surface area (Å²) in [6.07, 6.45) is 9.40. The fourth-order valence-corrected chi connectivity index (χ4v) is 3.80. The molecular formula is C14H23NOS. The average Bonchev–Trinajstić information content (AvgIpc) is 2.28. The Morgan fingerprint density at radius 1 is 1.35 bits per heavy atom. The first-order valence-corrected chi connectivity index (χ1v) is 7.96. The van der Waals surface area contributed by atoms with Crippen LogP contribution in [0.2, 0.25) is 0 Å². The van der Waals surface area contributed by atoms with Crippen LogP contribution in [0, 0.1) is 0 Å². The van der Waals surface area contributed by atoms with Crippen LogP contribution in [-0.2, 0) is 4.79 Å². The van der Waals surface area contributed by atoms with Crippen LogP contribution in [0.4, 0.5) is 0 Å². The SMILES string of the molecule is CN1CCSCC1C(=O)C1=CCCCCCC1. The molecule has 2 aliphatic rings. The second-order valence-corrected chi connectivity index (χ2v) is 6.27. The van der Waals surface area contributed by atoms with Gasteiger partial charge in [-0.1, -0.05) is 18.9 Å². The van der Waals surface area contributed by atoms with Crippen LogP contribution in [0.15, 0.2) is 11.6 Å². The largest absolute Gasteiger partial charge is 0.295 e. The molecule has 1 saturated heterocycles. The third kappa shape index (κ3) is 3.59. The van der Waals surface area contributed by atoms with Crippen molar-refractivity contribution in [3.63, 3.8) is 0 Å². The van der Waals surface area contributed by atoms with Crippen molar-refractivity contribution in [1.82, 2.24) is 4.90 Å². The van der Waals surface area contributed by atoms with Crippen LogP contribution in [0.5, 0.6) is 0 Å². The monoisotopic (exact) mass is 253 g/mol. The van der Waals surface area contributed by atoms with Crippen molar-refractivity contribution in [3.05, 3.63) is 11.6 Å². The molecule has 1 unspecified atom stereocenters. The fourth-order valence-electron chi connectivity index (χ4n) is 2.59. The van der Waals surface area contributed by atoms with Crippen molar-refractivity contribution >= 4 is 17.5 Å². The lowest BCUT2D eigenvalue weighted by molar-refractivity contribution is -0.119. The summed E-state index contributed by atoms with van der Waals surface area (Å²) in [6, 6.07) is 0.138. The number of likely N-dealkylation sites (N-methyl/N-ethyl adjacent to an activating group) is 1. The van der Waals surface area contributed by atoms with Crippen LogP contribution in [0.3, 0.4) is 0 Å². The lowest BCUT2D eigenvalue weighted by Crippen LogP contribution is -2.45. The Morgan fingerprint density at radius 3 is 3.00 bits per heavy atom. The molecule has 0 aromatic heterocycles. The van der Waals surface area contributed by atoms with Crippen molar-refractivity contribution in [3.8, 4) is 0 Å². The fraction of sp³-hybridized carbons (Fsp3) is 0.786. The molecule has 96 valence electrons. The van der Waals surface area contributed by atoms with Crippen molar-refractivity contribution in [2.24, 2.45) is 0 Å². The summed E-state index contributed by atoms with van der Waals surface area (Å²) in [6.45, 7) is 1.05. The molecule has 0 saturated carbocycles. The Balaban J connectivity index is 2.01. The summed E-state index contributed by atoms with van der Waals surface area (Å²) in [5.41, 5.74) is 1.11. The quantitative estimate of drug-likeness (QED) is 0.755. The second-order valence-electron chi connectivity index (χ2n) is 5.12. The van der Waals surface area contributed by atoms with E-state index in [1.165, 1.54) is 31.4 Å². The Kier molecular flexibility index (Phi) is 5.11. The van der Waals surface area contributed by atoms with E-state index < -0.39 is 0 Å². The van der Waals surface area contributed by atoms with Crippen molar-refractivity contribution < 1.29 is 4.79 Å². The molecule has 2 rings (SSSR count). The smallest absolute Gasteiger partial charge is 0.176 e. The van der Waals surface area contributed by atoms with E-state index >= 15 is 0 Å². The van der Waals surface area contributed by atoms with Gasteiger partial charge in [0.05, 0.1) is 6.04 Å². The molecule has 0 spiro atoms. The van der Waals surface area contributed by atoms with Gasteiger partial charge in [-0.25, -0.2) is 0 Å². The number of carbonyl (C=O) groups is 1. The topological polar surface area (TPSA) is 20.3 Å². The number of thioether (sulfide) groups is 1. The molecule has 0 aromatic rings. The maximum absolute atomic E-state index is 12.5. The predicted octanol–water partition coefficient (Wildman–Crippen LogP) is 2.88. The zero-order valence-corrected chi connectivity index (χ0v) is 11.6. The van der Waals surface area contributed by atoms with E-state index in [4.69, 9.17) is 0 Å². The number of rotatable bonds is 2. The van der Waals surface area contributed by atoms with Crippen molar-refractivity contribution in [2.45, 2.75) is 44.6 Å². The Bertz CT molecular complexity index is 301. The minimum atomic E-state index is 0.138. The molecule has 0 N–H and O–H groups in total. The molecule has 0 radical (unpaired) electrons. The van der Waals surface area contributed by atoms with E-state index in [0.717, 1.165) is 30.7 Å². The normalized spacial score (nSPS) is 28.1. The molecule has 0 bridgehead atoms. The summed E-state index contributed by atoms with van der Waals surface area (Å²) in [7, 11) is 2.09. The second kappa shape index (κ2) is 6.60. The van der Waals surface area contributed by atoms with Crippen molar-refractivity contribution in [1.29, 1.82) is 0 Å².